The number of carbonyl (C=O) groups is 1. The molecule has 0 atom stereocenters. The Morgan fingerprint density at radius 3 is 2.88 bits per heavy atom. The van der Waals surface area contributed by atoms with Crippen molar-refractivity contribution in [2.75, 3.05) is 19.0 Å². The van der Waals surface area contributed by atoms with Gasteiger partial charge in [-0.15, -0.1) is 0 Å². The first-order valence-electron chi connectivity index (χ1n) is 6.87. The van der Waals surface area contributed by atoms with Crippen LogP contribution in [0.25, 0.3) is 0 Å². The van der Waals surface area contributed by atoms with E-state index in [1.54, 1.807) is 19.2 Å². The highest BCUT2D eigenvalue weighted by molar-refractivity contribution is 6.36. The van der Waals surface area contributed by atoms with E-state index in [1.807, 2.05) is 12.1 Å². The van der Waals surface area contributed by atoms with Gasteiger partial charge in [-0.25, -0.2) is 5.43 Å². The molecule has 0 aliphatic heterocycles. The molecule has 6 nitrogen and oxygen atoms in total. The zero-order valence-corrected chi connectivity index (χ0v) is 14.2. The third kappa shape index (κ3) is 5.04. The SMILES string of the molecule is COc1cccc(NCC(=O)N/N=C/c2cc(Cl)cc(Cl)c2O)c1. The van der Waals surface area contributed by atoms with Crippen molar-refractivity contribution < 1.29 is 14.6 Å². The summed E-state index contributed by atoms with van der Waals surface area (Å²) in [6.45, 7) is 0.0206. The second-order valence-electron chi connectivity index (χ2n) is 4.70. The molecule has 0 radical (unpaired) electrons. The number of nitrogens with one attached hydrogen (secondary N) is 2. The van der Waals surface area contributed by atoms with Crippen molar-refractivity contribution in [3.05, 3.63) is 52.0 Å². The van der Waals surface area contributed by atoms with Gasteiger partial charge in [0.05, 0.1) is 24.9 Å². The number of hydrazone groups is 1. The summed E-state index contributed by atoms with van der Waals surface area (Å²) in [7, 11) is 1.57. The molecule has 0 saturated heterocycles. The molecule has 0 spiro atoms. The third-order valence-electron chi connectivity index (χ3n) is 2.97. The summed E-state index contributed by atoms with van der Waals surface area (Å²) >= 11 is 11.6. The standard InChI is InChI=1S/C16H15Cl2N3O3/c1-24-13-4-2-3-12(7-13)19-9-15(22)21-20-8-10-5-11(17)6-14(18)16(10)23/h2-8,19,23H,9H2,1H3,(H,21,22)/b20-8+. The Morgan fingerprint density at radius 1 is 1.33 bits per heavy atom. The minimum Gasteiger partial charge on any atom is -0.506 e. The molecule has 0 saturated carbocycles. The molecule has 1 amide bonds. The molecule has 0 heterocycles. The van der Waals surface area contributed by atoms with Crippen LogP contribution in [-0.2, 0) is 4.79 Å². The summed E-state index contributed by atoms with van der Waals surface area (Å²) in [6.07, 6.45) is 1.26. The molecule has 126 valence electrons. The Bertz CT molecular complexity index is 766. The van der Waals surface area contributed by atoms with E-state index in [0.29, 0.717) is 16.3 Å². The van der Waals surface area contributed by atoms with Gasteiger partial charge in [0.15, 0.2) is 0 Å². The van der Waals surface area contributed by atoms with Gasteiger partial charge in [-0.1, -0.05) is 29.3 Å². The molecule has 0 aromatic heterocycles. The van der Waals surface area contributed by atoms with Crippen molar-refractivity contribution in [2.24, 2.45) is 5.10 Å². The van der Waals surface area contributed by atoms with Gasteiger partial charge >= 0.3 is 0 Å². The maximum atomic E-state index is 11.7. The number of hydrogen-bond acceptors (Lipinski definition) is 5. The maximum absolute atomic E-state index is 11.7. The predicted molar refractivity (Wildman–Crippen MR) is 95.3 cm³/mol. The first-order valence-corrected chi connectivity index (χ1v) is 7.63. The molecular formula is C16H15Cl2N3O3. The molecule has 0 bridgehead atoms. The lowest BCUT2D eigenvalue weighted by Gasteiger charge is -2.07. The Labute approximate surface area is 149 Å². The van der Waals surface area contributed by atoms with Crippen molar-refractivity contribution >= 4 is 41.0 Å². The molecule has 2 aromatic rings. The first kappa shape index (κ1) is 17.9. The normalized spacial score (nSPS) is 10.6. The zero-order valence-electron chi connectivity index (χ0n) is 12.7. The summed E-state index contributed by atoms with van der Waals surface area (Å²) in [5.41, 5.74) is 3.38. The minimum atomic E-state index is -0.360. The highest BCUT2D eigenvalue weighted by Gasteiger charge is 2.06. The van der Waals surface area contributed by atoms with Crippen LogP contribution in [-0.4, -0.2) is 30.9 Å². The molecule has 8 heteroatoms. The van der Waals surface area contributed by atoms with Crippen LogP contribution in [0.5, 0.6) is 11.5 Å². The van der Waals surface area contributed by atoms with Gasteiger partial charge < -0.3 is 15.2 Å². The molecule has 0 fully saturated rings. The highest BCUT2D eigenvalue weighted by atomic mass is 35.5. The molecule has 0 unspecified atom stereocenters. The van der Waals surface area contributed by atoms with E-state index in [1.165, 1.54) is 18.3 Å². The van der Waals surface area contributed by atoms with Gasteiger partial charge in [-0.05, 0) is 24.3 Å². The topological polar surface area (TPSA) is 83.0 Å². The molecular weight excluding hydrogens is 353 g/mol. The number of phenolic OH excluding ortho intramolecular Hbond substituents is 1. The van der Waals surface area contributed by atoms with E-state index in [9.17, 15) is 9.90 Å². The van der Waals surface area contributed by atoms with Gasteiger partial charge in [0.25, 0.3) is 5.91 Å². The fourth-order valence-corrected chi connectivity index (χ4v) is 2.32. The Kier molecular flexibility index (Phi) is 6.28. The van der Waals surface area contributed by atoms with Crippen LogP contribution in [0.2, 0.25) is 10.0 Å². The van der Waals surface area contributed by atoms with Crippen LogP contribution in [0.3, 0.4) is 0 Å². The van der Waals surface area contributed by atoms with Gasteiger partial charge in [-0.3, -0.25) is 4.79 Å². The number of aromatic hydroxyl groups is 1. The summed E-state index contributed by atoms with van der Waals surface area (Å²) in [6, 6.07) is 10.1. The Balaban J connectivity index is 1.89. The maximum Gasteiger partial charge on any atom is 0.259 e. The second kappa shape index (κ2) is 8.42. The van der Waals surface area contributed by atoms with E-state index in [4.69, 9.17) is 27.9 Å². The minimum absolute atomic E-state index is 0.0206. The first-order chi connectivity index (χ1) is 11.5. The predicted octanol–water partition coefficient (Wildman–Crippen LogP) is 3.27. The Morgan fingerprint density at radius 2 is 2.12 bits per heavy atom. The molecule has 24 heavy (non-hydrogen) atoms. The van der Waals surface area contributed by atoms with E-state index >= 15 is 0 Å². The molecule has 3 N–H and O–H groups in total. The Hall–Kier alpha value is -2.44. The number of carbonyl (C=O) groups excluding carboxylic acids is 1. The number of halogens is 2. The molecule has 0 aliphatic carbocycles. The number of phenols is 1. The number of ether oxygens (including phenoxy) is 1. The third-order valence-corrected chi connectivity index (χ3v) is 3.48. The summed E-state index contributed by atoms with van der Waals surface area (Å²) < 4.78 is 5.10. The van der Waals surface area contributed by atoms with E-state index in [-0.39, 0.29) is 23.2 Å². The smallest absolute Gasteiger partial charge is 0.259 e. The highest BCUT2D eigenvalue weighted by Crippen LogP contribution is 2.29. The monoisotopic (exact) mass is 367 g/mol. The lowest BCUT2D eigenvalue weighted by Crippen LogP contribution is -2.25. The molecule has 0 aliphatic rings. The quantitative estimate of drug-likeness (QED) is 0.540. The number of nitrogens with zero attached hydrogens (tertiary/aromatic N) is 1. The lowest BCUT2D eigenvalue weighted by molar-refractivity contribution is -0.119. The van der Waals surface area contributed by atoms with Crippen LogP contribution in [0.4, 0.5) is 5.69 Å². The van der Waals surface area contributed by atoms with Crippen molar-refractivity contribution in [3.63, 3.8) is 0 Å². The number of benzene rings is 2. The largest absolute Gasteiger partial charge is 0.506 e. The zero-order chi connectivity index (χ0) is 17.5. The van der Waals surface area contributed by atoms with Gasteiger partial charge in [-0.2, -0.15) is 5.10 Å². The molecule has 2 aromatic carbocycles. The van der Waals surface area contributed by atoms with Crippen molar-refractivity contribution in [1.82, 2.24) is 5.43 Å². The average molecular weight is 368 g/mol. The number of anilines is 1. The number of amides is 1. The number of hydrogen-bond donors (Lipinski definition) is 3. The fourth-order valence-electron chi connectivity index (χ4n) is 1.81. The molecule has 2 rings (SSSR count). The van der Waals surface area contributed by atoms with Crippen molar-refractivity contribution in [2.45, 2.75) is 0 Å². The van der Waals surface area contributed by atoms with Crippen LogP contribution >= 0.6 is 23.2 Å². The van der Waals surface area contributed by atoms with Gasteiger partial charge in [0.1, 0.15) is 11.5 Å². The summed E-state index contributed by atoms with van der Waals surface area (Å²) in [4.78, 5) is 11.7. The van der Waals surface area contributed by atoms with Gasteiger partial charge in [0, 0.05) is 22.3 Å². The van der Waals surface area contributed by atoms with E-state index in [2.05, 4.69) is 15.8 Å². The van der Waals surface area contributed by atoms with E-state index < -0.39 is 0 Å². The number of methoxy groups -OCH3 is 1. The summed E-state index contributed by atoms with van der Waals surface area (Å²) in [5.74, 6) is 0.169. The lowest BCUT2D eigenvalue weighted by atomic mass is 10.2. The van der Waals surface area contributed by atoms with Gasteiger partial charge in [0.2, 0.25) is 0 Å². The van der Waals surface area contributed by atoms with Crippen molar-refractivity contribution in [1.29, 1.82) is 0 Å². The van der Waals surface area contributed by atoms with Crippen LogP contribution in [0, 0.1) is 0 Å². The van der Waals surface area contributed by atoms with Crippen molar-refractivity contribution in [3.8, 4) is 11.5 Å². The fraction of sp³-hybridized carbons (Fsp3) is 0.125. The van der Waals surface area contributed by atoms with E-state index in [0.717, 1.165) is 5.69 Å². The van der Waals surface area contributed by atoms with Crippen LogP contribution < -0.4 is 15.5 Å². The second-order valence-corrected chi connectivity index (χ2v) is 5.55. The van der Waals surface area contributed by atoms with Crippen LogP contribution in [0.15, 0.2) is 41.5 Å². The van der Waals surface area contributed by atoms with Crippen LogP contribution in [0.1, 0.15) is 5.56 Å². The summed E-state index contributed by atoms with van der Waals surface area (Å²) in [5, 5.41) is 16.9. The average Bonchev–Trinajstić information content (AvgIpc) is 2.57. The number of rotatable bonds is 6.